The van der Waals surface area contributed by atoms with Crippen LogP contribution < -0.4 is 0 Å². The van der Waals surface area contributed by atoms with Crippen LogP contribution >= 0.6 is 27.5 Å². The number of aromatic nitrogens is 2. The van der Waals surface area contributed by atoms with Crippen LogP contribution in [0.25, 0.3) is 16.7 Å². The fourth-order valence-electron chi connectivity index (χ4n) is 2.15. The Morgan fingerprint density at radius 3 is 2.70 bits per heavy atom. The minimum atomic E-state index is -0.408. The summed E-state index contributed by atoms with van der Waals surface area (Å²) in [5, 5.41) is 0. The standard InChI is InChI=1S/C14H8BrClF2N2/c15-9-2-1-3-10(18)14(9)20-12-5-4-8(17)6-11(12)19-13(20)7-16/h1-6H,7H2. The van der Waals surface area contributed by atoms with Gasteiger partial charge in [-0.25, -0.2) is 13.8 Å². The van der Waals surface area contributed by atoms with E-state index in [1.165, 1.54) is 18.2 Å². The molecule has 0 N–H and O–H groups in total. The van der Waals surface area contributed by atoms with Crippen molar-refractivity contribution in [3.8, 4) is 5.69 Å². The number of para-hydroxylation sites is 1. The minimum absolute atomic E-state index is 0.0943. The van der Waals surface area contributed by atoms with E-state index in [0.29, 0.717) is 27.0 Å². The molecule has 0 aliphatic heterocycles. The zero-order valence-corrected chi connectivity index (χ0v) is 12.4. The molecule has 102 valence electrons. The lowest BCUT2D eigenvalue weighted by atomic mass is 10.2. The van der Waals surface area contributed by atoms with E-state index in [9.17, 15) is 8.78 Å². The lowest BCUT2D eigenvalue weighted by Gasteiger charge is -2.11. The number of imidazole rings is 1. The van der Waals surface area contributed by atoms with Gasteiger partial charge in [-0.3, -0.25) is 4.57 Å². The van der Waals surface area contributed by atoms with Crippen LogP contribution in [0.4, 0.5) is 8.78 Å². The van der Waals surface area contributed by atoms with Gasteiger partial charge < -0.3 is 0 Å². The quantitative estimate of drug-likeness (QED) is 0.602. The van der Waals surface area contributed by atoms with Crippen LogP contribution in [-0.2, 0) is 5.88 Å². The molecule has 0 fully saturated rings. The van der Waals surface area contributed by atoms with E-state index >= 15 is 0 Å². The number of alkyl halides is 1. The van der Waals surface area contributed by atoms with Crippen LogP contribution in [0, 0.1) is 11.6 Å². The van der Waals surface area contributed by atoms with Gasteiger partial charge >= 0.3 is 0 Å². The number of rotatable bonds is 2. The minimum Gasteiger partial charge on any atom is -0.291 e. The molecule has 0 aliphatic rings. The largest absolute Gasteiger partial charge is 0.291 e. The number of hydrogen-bond acceptors (Lipinski definition) is 1. The molecule has 3 rings (SSSR count). The van der Waals surface area contributed by atoms with Gasteiger partial charge in [-0.15, -0.1) is 11.6 Å². The zero-order chi connectivity index (χ0) is 14.3. The molecule has 1 heterocycles. The van der Waals surface area contributed by atoms with E-state index in [1.54, 1.807) is 22.8 Å². The average molecular weight is 358 g/mol. The maximum atomic E-state index is 14.1. The number of fused-ring (bicyclic) bond motifs is 1. The van der Waals surface area contributed by atoms with Gasteiger partial charge in [0.25, 0.3) is 0 Å². The van der Waals surface area contributed by atoms with E-state index < -0.39 is 11.6 Å². The Bertz CT molecular complexity index is 781. The molecular weight excluding hydrogens is 350 g/mol. The third-order valence-corrected chi connectivity index (χ3v) is 3.85. The summed E-state index contributed by atoms with van der Waals surface area (Å²) in [6.07, 6.45) is 0. The first kappa shape index (κ1) is 13.5. The summed E-state index contributed by atoms with van der Waals surface area (Å²) in [5.41, 5.74) is 1.36. The van der Waals surface area contributed by atoms with Crippen molar-refractivity contribution in [1.82, 2.24) is 9.55 Å². The smallest absolute Gasteiger partial charge is 0.148 e. The maximum Gasteiger partial charge on any atom is 0.148 e. The molecule has 2 nitrogen and oxygen atoms in total. The monoisotopic (exact) mass is 356 g/mol. The van der Waals surface area contributed by atoms with Crippen molar-refractivity contribution >= 4 is 38.6 Å². The summed E-state index contributed by atoms with van der Waals surface area (Å²) in [5.74, 6) is -0.250. The summed E-state index contributed by atoms with van der Waals surface area (Å²) < 4.78 is 29.6. The summed E-state index contributed by atoms with van der Waals surface area (Å²) in [7, 11) is 0. The third kappa shape index (κ3) is 2.11. The fraction of sp³-hybridized carbons (Fsp3) is 0.0714. The van der Waals surface area contributed by atoms with Crippen LogP contribution in [0.2, 0.25) is 0 Å². The van der Waals surface area contributed by atoms with Crippen molar-refractivity contribution in [2.24, 2.45) is 0 Å². The molecule has 0 spiro atoms. The second kappa shape index (κ2) is 5.14. The summed E-state index contributed by atoms with van der Waals surface area (Å²) in [6, 6.07) is 8.86. The maximum absolute atomic E-state index is 14.1. The van der Waals surface area contributed by atoms with E-state index in [2.05, 4.69) is 20.9 Å². The van der Waals surface area contributed by atoms with Crippen molar-refractivity contribution < 1.29 is 8.78 Å². The molecule has 0 bridgehead atoms. The van der Waals surface area contributed by atoms with Gasteiger partial charge in [-0.1, -0.05) is 6.07 Å². The second-order valence-electron chi connectivity index (χ2n) is 4.20. The van der Waals surface area contributed by atoms with Gasteiger partial charge in [0.15, 0.2) is 0 Å². The van der Waals surface area contributed by atoms with E-state index in [1.807, 2.05) is 0 Å². The summed E-state index contributed by atoms with van der Waals surface area (Å²) >= 11 is 9.21. The van der Waals surface area contributed by atoms with Gasteiger partial charge in [0, 0.05) is 10.5 Å². The van der Waals surface area contributed by atoms with Crippen molar-refractivity contribution in [3.63, 3.8) is 0 Å². The molecule has 0 saturated carbocycles. The van der Waals surface area contributed by atoms with Crippen LogP contribution in [-0.4, -0.2) is 9.55 Å². The summed E-state index contributed by atoms with van der Waals surface area (Å²) in [4.78, 5) is 4.25. The van der Waals surface area contributed by atoms with Gasteiger partial charge in [0.2, 0.25) is 0 Å². The molecule has 0 aliphatic carbocycles. The molecule has 3 aromatic rings. The van der Waals surface area contributed by atoms with Crippen LogP contribution in [0.5, 0.6) is 0 Å². The van der Waals surface area contributed by atoms with E-state index in [0.717, 1.165) is 0 Å². The Morgan fingerprint density at radius 2 is 2.00 bits per heavy atom. The Labute approximate surface area is 127 Å². The Kier molecular flexibility index (Phi) is 3.48. The molecule has 0 unspecified atom stereocenters. The first-order valence-corrected chi connectivity index (χ1v) is 7.12. The number of hydrogen-bond donors (Lipinski definition) is 0. The van der Waals surface area contributed by atoms with Gasteiger partial charge in [-0.05, 0) is 40.2 Å². The Hall–Kier alpha value is -1.46. The molecule has 0 saturated heterocycles. The highest BCUT2D eigenvalue weighted by Gasteiger charge is 2.17. The highest BCUT2D eigenvalue weighted by molar-refractivity contribution is 9.10. The van der Waals surface area contributed by atoms with Crippen molar-refractivity contribution in [3.05, 3.63) is 58.3 Å². The van der Waals surface area contributed by atoms with Crippen LogP contribution in [0.3, 0.4) is 0 Å². The molecule has 2 aromatic carbocycles. The van der Waals surface area contributed by atoms with Gasteiger partial charge in [-0.2, -0.15) is 0 Å². The molecule has 0 atom stereocenters. The molecule has 0 radical (unpaired) electrons. The predicted octanol–water partition coefficient (Wildman–Crippen LogP) is 4.81. The van der Waals surface area contributed by atoms with Crippen molar-refractivity contribution in [1.29, 1.82) is 0 Å². The highest BCUT2D eigenvalue weighted by Crippen LogP contribution is 2.30. The highest BCUT2D eigenvalue weighted by atomic mass is 79.9. The third-order valence-electron chi connectivity index (χ3n) is 2.97. The van der Waals surface area contributed by atoms with Crippen LogP contribution in [0.15, 0.2) is 40.9 Å². The van der Waals surface area contributed by atoms with Crippen molar-refractivity contribution in [2.45, 2.75) is 5.88 Å². The lowest BCUT2D eigenvalue weighted by molar-refractivity contribution is 0.616. The fourth-order valence-corrected chi connectivity index (χ4v) is 2.84. The summed E-state index contributed by atoms with van der Waals surface area (Å²) in [6.45, 7) is 0. The molecule has 6 heteroatoms. The normalized spacial score (nSPS) is 11.2. The van der Waals surface area contributed by atoms with Crippen molar-refractivity contribution in [2.75, 3.05) is 0 Å². The van der Waals surface area contributed by atoms with Gasteiger partial charge in [0.05, 0.1) is 22.6 Å². The predicted molar refractivity (Wildman–Crippen MR) is 78.2 cm³/mol. The number of halogens is 4. The zero-order valence-electron chi connectivity index (χ0n) is 10.1. The second-order valence-corrected chi connectivity index (χ2v) is 5.32. The Balaban J connectivity index is 2.40. The van der Waals surface area contributed by atoms with E-state index in [-0.39, 0.29) is 5.88 Å². The van der Waals surface area contributed by atoms with E-state index in [4.69, 9.17) is 11.6 Å². The first-order chi connectivity index (χ1) is 9.61. The SMILES string of the molecule is Fc1ccc2c(c1)nc(CCl)n2-c1c(F)cccc1Br. The van der Waals surface area contributed by atoms with Gasteiger partial charge in [0.1, 0.15) is 17.5 Å². The number of benzene rings is 2. The molecule has 0 amide bonds. The average Bonchev–Trinajstić information content (AvgIpc) is 2.76. The topological polar surface area (TPSA) is 17.8 Å². The molecular formula is C14H8BrClF2N2. The lowest BCUT2D eigenvalue weighted by Crippen LogP contribution is -2.03. The van der Waals surface area contributed by atoms with Crippen LogP contribution in [0.1, 0.15) is 5.82 Å². The Morgan fingerprint density at radius 1 is 1.20 bits per heavy atom. The first-order valence-electron chi connectivity index (χ1n) is 5.79. The molecule has 20 heavy (non-hydrogen) atoms. The molecule has 1 aromatic heterocycles. The number of nitrogens with zero attached hydrogens (tertiary/aromatic N) is 2.